The molecule has 12 heteroatoms. The van der Waals surface area contributed by atoms with E-state index >= 15 is 0 Å². The highest BCUT2D eigenvalue weighted by Gasteiger charge is 2.27. The maximum atomic E-state index is 13.6. The first-order valence-corrected chi connectivity index (χ1v) is 15.7. The highest BCUT2D eigenvalue weighted by atomic mass is 32.2. The molecule has 4 rings (SSSR count). The van der Waals surface area contributed by atoms with E-state index in [0.717, 1.165) is 15.4 Å². The van der Waals surface area contributed by atoms with Crippen molar-refractivity contribution in [1.82, 2.24) is 0 Å². The second-order valence-electron chi connectivity index (χ2n) is 9.40. The Balaban J connectivity index is 1.53. The first-order valence-electron chi connectivity index (χ1n) is 12.7. The highest BCUT2D eigenvalue weighted by molar-refractivity contribution is 7.93. The van der Waals surface area contributed by atoms with E-state index in [9.17, 15) is 21.6 Å². The average Bonchev–Trinajstić information content (AvgIpc) is 2.96. The number of anilines is 3. The van der Waals surface area contributed by atoms with Crippen molar-refractivity contribution in [2.45, 2.75) is 23.6 Å². The number of carbonyl (C=O) groups excluding carboxylic acids is 1. The summed E-state index contributed by atoms with van der Waals surface area (Å²) in [5, 5.41) is 2.65. The molecule has 0 unspecified atom stereocenters. The molecule has 0 aliphatic rings. The van der Waals surface area contributed by atoms with Gasteiger partial charge in [0.1, 0.15) is 18.0 Å². The molecule has 0 aliphatic heterocycles. The minimum absolute atomic E-state index is 0.0520. The lowest BCUT2D eigenvalue weighted by Crippen LogP contribution is -2.38. The van der Waals surface area contributed by atoms with Gasteiger partial charge >= 0.3 is 0 Å². The summed E-state index contributed by atoms with van der Waals surface area (Å²) in [4.78, 5) is 13.1. The Labute approximate surface area is 246 Å². The van der Waals surface area contributed by atoms with E-state index in [2.05, 4.69) is 10.0 Å². The molecule has 0 heterocycles. The Morgan fingerprint density at radius 3 is 1.88 bits per heavy atom. The number of nitrogens with one attached hydrogen (secondary N) is 2. The van der Waals surface area contributed by atoms with E-state index in [1.54, 1.807) is 48.5 Å². The van der Waals surface area contributed by atoms with Crippen LogP contribution in [-0.4, -0.2) is 43.5 Å². The minimum atomic E-state index is -4.07. The van der Waals surface area contributed by atoms with E-state index in [0.29, 0.717) is 17.2 Å². The Morgan fingerprint density at radius 2 is 1.31 bits per heavy atom. The van der Waals surface area contributed by atoms with Gasteiger partial charge in [0.2, 0.25) is 5.91 Å². The fourth-order valence-corrected chi connectivity index (χ4v) is 6.49. The number of carbonyl (C=O) groups is 1. The standard InChI is InChI=1S/C30H31N3O7S2/c1-21-5-11-24(12-6-21)33(42(37,38)27-14-7-22(2)8-15-27)20-30(34)31-23-9-16-26(17-10-23)41(35,36)32-28-19-25(39-3)13-18-29(28)40-4/h5-19,32H,20H2,1-4H3,(H,31,34). The SMILES string of the molecule is COc1ccc(OC)c(NS(=O)(=O)c2ccc(NC(=O)CN(c3ccc(C)cc3)S(=O)(=O)c3ccc(C)cc3)cc2)c1. The molecule has 0 fully saturated rings. The topological polar surface area (TPSA) is 131 Å². The lowest BCUT2D eigenvalue weighted by Gasteiger charge is -2.24. The third-order valence-electron chi connectivity index (χ3n) is 6.32. The number of amides is 1. The molecule has 0 aromatic heterocycles. The molecule has 0 saturated heterocycles. The molecule has 0 radical (unpaired) electrons. The molecule has 0 atom stereocenters. The normalized spacial score (nSPS) is 11.4. The van der Waals surface area contributed by atoms with Crippen LogP contribution in [0.25, 0.3) is 0 Å². The van der Waals surface area contributed by atoms with Gasteiger partial charge in [-0.05, 0) is 74.5 Å². The number of benzene rings is 4. The number of ether oxygens (including phenoxy) is 2. The number of methoxy groups -OCH3 is 2. The van der Waals surface area contributed by atoms with Crippen LogP contribution < -0.4 is 23.8 Å². The van der Waals surface area contributed by atoms with Gasteiger partial charge in [-0.15, -0.1) is 0 Å². The van der Waals surface area contributed by atoms with Gasteiger partial charge < -0.3 is 14.8 Å². The third kappa shape index (κ3) is 7.01. The third-order valence-corrected chi connectivity index (χ3v) is 9.49. The van der Waals surface area contributed by atoms with Crippen LogP contribution >= 0.6 is 0 Å². The molecule has 42 heavy (non-hydrogen) atoms. The minimum Gasteiger partial charge on any atom is -0.497 e. The van der Waals surface area contributed by atoms with Crippen LogP contribution in [0.3, 0.4) is 0 Å². The van der Waals surface area contributed by atoms with E-state index in [1.807, 2.05) is 13.8 Å². The van der Waals surface area contributed by atoms with Crippen molar-refractivity contribution >= 4 is 43.0 Å². The molecular weight excluding hydrogens is 578 g/mol. The molecule has 1 amide bonds. The number of hydrogen-bond donors (Lipinski definition) is 2. The fraction of sp³-hybridized carbons (Fsp3) is 0.167. The summed E-state index contributed by atoms with van der Waals surface area (Å²) in [7, 11) is -5.20. The van der Waals surface area contributed by atoms with Crippen molar-refractivity contribution in [2.24, 2.45) is 0 Å². The largest absolute Gasteiger partial charge is 0.497 e. The number of sulfonamides is 2. The molecule has 0 aliphatic carbocycles. The monoisotopic (exact) mass is 609 g/mol. The van der Waals surface area contributed by atoms with Crippen molar-refractivity contribution < 1.29 is 31.1 Å². The number of aryl methyl sites for hydroxylation is 2. The predicted octanol–water partition coefficient (Wildman–Crippen LogP) is 4.96. The predicted molar refractivity (Wildman–Crippen MR) is 162 cm³/mol. The summed E-state index contributed by atoms with van der Waals surface area (Å²) in [6.07, 6.45) is 0. The van der Waals surface area contributed by atoms with E-state index in [1.165, 1.54) is 56.7 Å². The van der Waals surface area contributed by atoms with Crippen molar-refractivity contribution in [1.29, 1.82) is 0 Å². The van der Waals surface area contributed by atoms with Gasteiger partial charge in [0.05, 0.1) is 35.4 Å². The van der Waals surface area contributed by atoms with Crippen molar-refractivity contribution in [3.05, 3.63) is 102 Å². The van der Waals surface area contributed by atoms with Gasteiger partial charge in [0.15, 0.2) is 0 Å². The van der Waals surface area contributed by atoms with Crippen molar-refractivity contribution in [2.75, 3.05) is 35.1 Å². The molecule has 220 valence electrons. The summed E-state index contributed by atoms with van der Waals surface area (Å²) < 4.78 is 67.1. The molecule has 0 bridgehead atoms. The lowest BCUT2D eigenvalue weighted by molar-refractivity contribution is -0.114. The van der Waals surface area contributed by atoms with E-state index in [-0.39, 0.29) is 21.2 Å². The summed E-state index contributed by atoms with van der Waals surface area (Å²) in [5.41, 5.74) is 2.65. The van der Waals surface area contributed by atoms with Crippen LogP contribution in [-0.2, 0) is 24.8 Å². The first kappa shape index (κ1) is 30.4. The molecule has 0 saturated carbocycles. The van der Waals surface area contributed by atoms with Crippen LogP contribution in [0.2, 0.25) is 0 Å². The summed E-state index contributed by atoms with van der Waals surface area (Å²) >= 11 is 0. The molecule has 4 aromatic carbocycles. The molecular formula is C30H31N3O7S2. The zero-order chi connectivity index (χ0) is 30.5. The van der Waals surface area contributed by atoms with E-state index in [4.69, 9.17) is 9.47 Å². The Kier molecular flexibility index (Phi) is 9.08. The number of hydrogen-bond acceptors (Lipinski definition) is 7. The Morgan fingerprint density at radius 1 is 0.738 bits per heavy atom. The maximum absolute atomic E-state index is 13.6. The quantitative estimate of drug-likeness (QED) is 0.246. The summed E-state index contributed by atoms with van der Waals surface area (Å²) in [5.74, 6) is 0.138. The van der Waals surface area contributed by atoms with Crippen LogP contribution in [0.4, 0.5) is 17.1 Å². The first-order chi connectivity index (χ1) is 19.9. The molecule has 4 aromatic rings. The highest BCUT2D eigenvalue weighted by Crippen LogP contribution is 2.31. The van der Waals surface area contributed by atoms with Crippen LogP contribution in [0, 0.1) is 13.8 Å². The lowest BCUT2D eigenvalue weighted by atomic mass is 10.2. The van der Waals surface area contributed by atoms with Crippen LogP contribution in [0.1, 0.15) is 11.1 Å². The Bertz CT molecular complexity index is 1770. The van der Waals surface area contributed by atoms with Gasteiger partial charge in [-0.25, -0.2) is 16.8 Å². The van der Waals surface area contributed by atoms with E-state index < -0.39 is 32.5 Å². The van der Waals surface area contributed by atoms with Crippen LogP contribution in [0.5, 0.6) is 11.5 Å². The van der Waals surface area contributed by atoms with Gasteiger partial charge in [-0.3, -0.25) is 13.8 Å². The Hall–Kier alpha value is -4.55. The van der Waals surface area contributed by atoms with Gasteiger partial charge in [0, 0.05) is 11.8 Å². The zero-order valence-corrected chi connectivity index (χ0v) is 25.1. The zero-order valence-electron chi connectivity index (χ0n) is 23.5. The fourth-order valence-electron chi connectivity index (χ4n) is 4.01. The van der Waals surface area contributed by atoms with Gasteiger partial charge in [-0.1, -0.05) is 35.4 Å². The number of nitrogens with zero attached hydrogens (tertiary/aromatic N) is 1. The van der Waals surface area contributed by atoms with Gasteiger partial charge in [-0.2, -0.15) is 0 Å². The van der Waals surface area contributed by atoms with Crippen molar-refractivity contribution in [3.63, 3.8) is 0 Å². The van der Waals surface area contributed by atoms with Crippen LogP contribution in [0.15, 0.2) is 101 Å². The second kappa shape index (κ2) is 12.5. The maximum Gasteiger partial charge on any atom is 0.264 e. The smallest absolute Gasteiger partial charge is 0.264 e. The second-order valence-corrected chi connectivity index (χ2v) is 12.9. The van der Waals surface area contributed by atoms with Gasteiger partial charge in [0.25, 0.3) is 20.0 Å². The average molecular weight is 610 g/mol. The van der Waals surface area contributed by atoms with Crippen molar-refractivity contribution in [3.8, 4) is 11.5 Å². The number of rotatable bonds is 11. The summed E-state index contributed by atoms with van der Waals surface area (Å²) in [6, 6.07) is 23.4. The summed E-state index contributed by atoms with van der Waals surface area (Å²) in [6.45, 7) is 3.22. The molecule has 2 N–H and O–H groups in total. The molecule has 0 spiro atoms. The molecule has 10 nitrogen and oxygen atoms in total.